The molecule has 0 aromatic carbocycles. The van der Waals surface area contributed by atoms with Gasteiger partial charge in [0.05, 0.1) is 0 Å². The van der Waals surface area contributed by atoms with E-state index in [0.29, 0.717) is 16.8 Å². The fourth-order valence-corrected chi connectivity index (χ4v) is 2.23. The largest absolute Gasteiger partial charge is 0.384 e. The molecule has 0 N–H and O–H groups in total. The van der Waals surface area contributed by atoms with Crippen LogP contribution >= 0.6 is 11.6 Å². The van der Waals surface area contributed by atoms with Gasteiger partial charge in [0.15, 0.2) is 10.8 Å². The molecule has 1 aromatic heterocycles. The van der Waals surface area contributed by atoms with Crippen molar-refractivity contribution in [3.63, 3.8) is 0 Å². The van der Waals surface area contributed by atoms with Crippen LogP contribution in [0.2, 0.25) is 5.15 Å². The molecule has 5 nitrogen and oxygen atoms in total. The smallest absolute Gasteiger partial charge is 0.274 e. The van der Waals surface area contributed by atoms with Gasteiger partial charge in [-0.2, -0.15) is 0 Å². The molecule has 1 saturated heterocycles. The Morgan fingerprint density at radius 3 is 2.72 bits per heavy atom. The Labute approximate surface area is 111 Å². The van der Waals surface area contributed by atoms with Crippen molar-refractivity contribution in [2.45, 2.75) is 12.8 Å². The summed E-state index contributed by atoms with van der Waals surface area (Å²) < 4.78 is 5.13. The van der Waals surface area contributed by atoms with Gasteiger partial charge < -0.3 is 9.64 Å². The second-order valence-electron chi connectivity index (χ2n) is 4.43. The molecule has 2 heterocycles. The Bertz CT molecular complexity index is 402. The highest BCUT2D eigenvalue weighted by Crippen LogP contribution is 2.18. The van der Waals surface area contributed by atoms with Crippen molar-refractivity contribution in [2.24, 2.45) is 5.92 Å². The summed E-state index contributed by atoms with van der Waals surface area (Å²) in [6.45, 7) is 2.26. The van der Waals surface area contributed by atoms with E-state index >= 15 is 0 Å². The highest BCUT2D eigenvalue weighted by molar-refractivity contribution is 6.29. The lowest BCUT2D eigenvalue weighted by atomic mass is 9.97. The van der Waals surface area contributed by atoms with E-state index in [0.717, 1.165) is 32.5 Å². The third-order valence-corrected chi connectivity index (χ3v) is 3.36. The van der Waals surface area contributed by atoms with Crippen LogP contribution in [0.3, 0.4) is 0 Å². The van der Waals surface area contributed by atoms with Gasteiger partial charge in [-0.05, 0) is 30.9 Å². The topological polar surface area (TPSA) is 55.3 Å². The fraction of sp³-hybridized carbons (Fsp3) is 0.583. The van der Waals surface area contributed by atoms with Gasteiger partial charge >= 0.3 is 0 Å². The van der Waals surface area contributed by atoms with Crippen LogP contribution in [0.4, 0.5) is 0 Å². The number of carbonyl (C=O) groups excluding carboxylic acids is 1. The fourth-order valence-electron chi connectivity index (χ4n) is 2.13. The van der Waals surface area contributed by atoms with Crippen LogP contribution in [-0.2, 0) is 4.74 Å². The van der Waals surface area contributed by atoms with Crippen LogP contribution in [-0.4, -0.2) is 47.8 Å². The van der Waals surface area contributed by atoms with Crippen LogP contribution in [0.1, 0.15) is 23.3 Å². The molecule has 1 aromatic rings. The number of amides is 1. The lowest BCUT2D eigenvalue weighted by Crippen LogP contribution is -2.39. The van der Waals surface area contributed by atoms with E-state index in [1.54, 1.807) is 19.2 Å². The monoisotopic (exact) mass is 269 g/mol. The first kappa shape index (κ1) is 13.2. The Balaban J connectivity index is 1.93. The quantitative estimate of drug-likeness (QED) is 0.837. The van der Waals surface area contributed by atoms with Crippen molar-refractivity contribution in [1.82, 2.24) is 15.1 Å². The number of rotatable bonds is 3. The number of likely N-dealkylation sites (tertiary alicyclic amines) is 1. The molecule has 2 rings (SSSR count). The first-order chi connectivity index (χ1) is 8.70. The number of hydrogen-bond acceptors (Lipinski definition) is 4. The van der Waals surface area contributed by atoms with Gasteiger partial charge in [0, 0.05) is 26.8 Å². The van der Waals surface area contributed by atoms with Crippen molar-refractivity contribution in [2.75, 3.05) is 26.8 Å². The van der Waals surface area contributed by atoms with E-state index in [-0.39, 0.29) is 5.91 Å². The van der Waals surface area contributed by atoms with E-state index in [1.807, 2.05) is 4.90 Å². The predicted octanol–water partition coefficient (Wildman–Crippen LogP) is 1.63. The molecule has 0 bridgehead atoms. The Morgan fingerprint density at radius 1 is 1.44 bits per heavy atom. The minimum atomic E-state index is -0.0740. The van der Waals surface area contributed by atoms with Gasteiger partial charge in [-0.15, -0.1) is 10.2 Å². The molecule has 1 aliphatic rings. The second-order valence-corrected chi connectivity index (χ2v) is 4.82. The number of methoxy groups -OCH3 is 1. The van der Waals surface area contributed by atoms with Crippen molar-refractivity contribution < 1.29 is 9.53 Å². The number of nitrogens with zero attached hydrogens (tertiary/aromatic N) is 3. The first-order valence-corrected chi connectivity index (χ1v) is 6.36. The number of ether oxygens (including phenoxy) is 1. The zero-order valence-corrected chi connectivity index (χ0v) is 11.1. The van der Waals surface area contributed by atoms with Crippen LogP contribution in [0.5, 0.6) is 0 Å². The number of halogens is 1. The van der Waals surface area contributed by atoms with Crippen LogP contribution in [0.15, 0.2) is 12.1 Å². The number of hydrogen-bond donors (Lipinski definition) is 0. The van der Waals surface area contributed by atoms with Crippen LogP contribution < -0.4 is 0 Å². The summed E-state index contributed by atoms with van der Waals surface area (Å²) in [6.07, 6.45) is 1.95. The Morgan fingerprint density at radius 2 is 2.17 bits per heavy atom. The lowest BCUT2D eigenvalue weighted by molar-refractivity contribution is 0.0607. The van der Waals surface area contributed by atoms with E-state index in [2.05, 4.69) is 10.2 Å². The molecular weight excluding hydrogens is 254 g/mol. The maximum Gasteiger partial charge on any atom is 0.274 e. The average Bonchev–Trinajstić information content (AvgIpc) is 2.40. The van der Waals surface area contributed by atoms with Gasteiger partial charge in [-0.3, -0.25) is 4.79 Å². The maximum absolute atomic E-state index is 12.1. The molecule has 0 aliphatic carbocycles. The zero-order chi connectivity index (χ0) is 13.0. The van der Waals surface area contributed by atoms with Gasteiger partial charge in [-0.1, -0.05) is 11.6 Å². The van der Waals surface area contributed by atoms with E-state index < -0.39 is 0 Å². The molecular formula is C12H16ClN3O2. The third kappa shape index (κ3) is 3.17. The lowest BCUT2D eigenvalue weighted by Gasteiger charge is -2.31. The van der Waals surface area contributed by atoms with Crippen molar-refractivity contribution in [1.29, 1.82) is 0 Å². The molecule has 0 spiro atoms. The average molecular weight is 270 g/mol. The highest BCUT2D eigenvalue weighted by Gasteiger charge is 2.24. The second kappa shape index (κ2) is 6.11. The normalized spacial score (nSPS) is 16.9. The molecule has 1 aliphatic heterocycles. The molecule has 0 atom stereocenters. The summed E-state index contributed by atoms with van der Waals surface area (Å²) >= 11 is 5.64. The molecule has 18 heavy (non-hydrogen) atoms. The SMILES string of the molecule is COCC1CCN(C(=O)c2ccc(Cl)nn2)CC1. The zero-order valence-electron chi connectivity index (χ0n) is 10.3. The summed E-state index contributed by atoms with van der Waals surface area (Å²) in [5.41, 5.74) is 0.351. The summed E-state index contributed by atoms with van der Waals surface area (Å²) in [5.74, 6) is 0.477. The highest BCUT2D eigenvalue weighted by atomic mass is 35.5. The number of carbonyl (C=O) groups is 1. The van der Waals surface area contributed by atoms with Gasteiger partial charge in [0.25, 0.3) is 5.91 Å². The van der Waals surface area contributed by atoms with E-state index in [9.17, 15) is 4.79 Å². The van der Waals surface area contributed by atoms with E-state index in [4.69, 9.17) is 16.3 Å². The molecule has 1 fully saturated rings. The Hall–Kier alpha value is -1.20. The maximum atomic E-state index is 12.1. The van der Waals surface area contributed by atoms with Gasteiger partial charge in [0.2, 0.25) is 0 Å². The third-order valence-electron chi connectivity index (χ3n) is 3.16. The predicted molar refractivity (Wildman–Crippen MR) is 67.5 cm³/mol. The summed E-state index contributed by atoms with van der Waals surface area (Å²) in [5, 5.41) is 7.79. The standard InChI is InChI=1S/C12H16ClN3O2/c1-18-8-9-4-6-16(7-5-9)12(17)10-2-3-11(13)15-14-10/h2-3,9H,4-8H2,1H3. The summed E-state index contributed by atoms with van der Waals surface area (Å²) in [6, 6.07) is 3.19. The summed E-state index contributed by atoms with van der Waals surface area (Å²) in [7, 11) is 1.71. The van der Waals surface area contributed by atoms with Gasteiger partial charge in [-0.25, -0.2) is 0 Å². The Kier molecular flexibility index (Phi) is 4.49. The van der Waals surface area contributed by atoms with Crippen LogP contribution in [0.25, 0.3) is 0 Å². The van der Waals surface area contributed by atoms with Crippen molar-refractivity contribution >= 4 is 17.5 Å². The van der Waals surface area contributed by atoms with Crippen molar-refractivity contribution in [3.05, 3.63) is 23.0 Å². The van der Waals surface area contributed by atoms with Crippen molar-refractivity contribution in [3.8, 4) is 0 Å². The van der Waals surface area contributed by atoms with Crippen LogP contribution in [0, 0.1) is 5.92 Å². The van der Waals surface area contributed by atoms with E-state index in [1.165, 1.54) is 0 Å². The molecule has 0 saturated carbocycles. The number of piperidine rings is 1. The molecule has 98 valence electrons. The molecule has 0 radical (unpaired) electrons. The van der Waals surface area contributed by atoms with Gasteiger partial charge in [0.1, 0.15) is 0 Å². The molecule has 1 amide bonds. The minimum absolute atomic E-state index is 0.0740. The molecule has 6 heteroatoms. The molecule has 0 unspecified atom stereocenters. The summed E-state index contributed by atoms with van der Waals surface area (Å²) in [4.78, 5) is 13.9. The minimum Gasteiger partial charge on any atom is -0.384 e. The first-order valence-electron chi connectivity index (χ1n) is 5.98. The number of aromatic nitrogens is 2.